The minimum absolute atomic E-state index is 0.234. The van der Waals surface area contributed by atoms with Crippen molar-refractivity contribution >= 4 is 5.82 Å². The molecule has 6 nitrogen and oxygen atoms in total. The number of rotatable bonds is 5. The molecule has 1 aromatic heterocycles. The van der Waals surface area contributed by atoms with Gasteiger partial charge in [0.25, 0.3) is 0 Å². The summed E-state index contributed by atoms with van der Waals surface area (Å²) in [6.45, 7) is 4.36. The van der Waals surface area contributed by atoms with Gasteiger partial charge >= 0.3 is 0 Å². The van der Waals surface area contributed by atoms with Gasteiger partial charge in [-0.25, -0.2) is 4.68 Å². The maximum atomic E-state index is 5.75. The van der Waals surface area contributed by atoms with Gasteiger partial charge in [0.1, 0.15) is 5.82 Å². The number of nitrogens with one attached hydrogen (secondary N) is 2. The average Bonchev–Trinajstić information content (AvgIpc) is 2.92. The van der Waals surface area contributed by atoms with Crippen LogP contribution < -0.4 is 16.4 Å². The van der Waals surface area contributed by atoms with Gasteiger partial charge in [-0.1, -0.05) is 0 Å². The average molecular weight is 251 g/mol. The van der Waals surface area contributed by atoms with Gasteiger partial charge in [0.05, 0.1) is 18.3 Å². The third-order valence-corrected chi connectivity index (χ3v) is 3.91. The van der Waals surface area contributed by atoms with Crippen LogP contribution in [0.25, 0.3) is 0 Å². The molecule has 2 fully saturated rings. The molecule has 0 aliphatic carbocycles. The molecular formula is C12H21N5O. The van der Waals surface area contributed by atoms with E-state index < -0.39 is 0 Å². The van der Waals surface area contributed by atoms with E-state index in [2.05, 4.69) is 20.4 Å². The Hall–Kier alpha value is -1.11. The predicted molar refractivity (Wildman–Crippen MR) is 69.5 cm³/mol. The molecule has 0 spiro atoms. The van der Waals surface area contributed by atoms with Crippen molar-refractivity contribution in [3.8, 4) is 0 Å². The topological polar surface area (TPSA) is 77.1 Å². The Kier molecular flexibility index (Phi) is 3.49. The van der Waals surface area contributed by atoms with E-state index in [0.717, 1.165) is 38.5 Å². The molecule has 3 heterocycles. The van der Waals surface area contributed by atoms with Crippen LogP contribution in [0, 0.1) is 5.92 Å². The van der Waals surface area contributed by atoms with Crippen molar-refractivity contribution in [2.75, 3.05) is 38.1 Å². The zero-order chi connectivity index (χ0) is 12.4. The van der Waals surface area contributed by atoms with Gasteiger partial charge in [-0.05, 0) is 13.0 Å². The molecule has 100 valence electrons. The van der Waals surface area contributed by atoms with Crippen LogP contribution in [-0.2, 0) is 4.74 Å². The zero-order valence-electron chi connectivity index (χ0n) is 10.5. The van der Waals surface area contributed by atoms with Crippen LogP contribution in [0.2, 0.25) is 0 Å². The highest BCUT2D eigenvalue weighted by atomic mass is 16.5. The first kappa shape index (κ1) is 12.0. The summed E-state index contributed by atoms with van der Waals surface area (Å²) < 4.78 is 7.77. The Morgan fingerprint density at radius 1 is 1.56 bits per heavy atom. The molecule has 0 saturated carbocycles. The van der Waals surface area contributed by atoms with E-state index in [-0.39, 0.29) is 6.10 Å². The molecule has 18 heavy (non-hydrogen) atoms. The Labute approximate surface area is 107 Å². The van der Waals surface area contributed by atoms with Crippen LogP contribution in [0.15, 0.2) is 12.3 Å². The fraction of sp³-hybridized carbons (Fsp3) is 0.750. The molecule has 2 aliphatic rings. The smallest absolute Gasteiger partial charge is 0.124 e. The molecule has 2 aliphatic heterocycles. The fourth-order valence-corrected chi connectivity index (χ4v) is 2.58. The number of aromatic nitrogens is 2. The minimum Gasteiger partial charge on any atom is -0.376 e. The summed E-state index contributed by atoms with van der Waals surface area (Å²) in [6, 6.07) is 2.50. The molecule has 2 atom stereocenters. The summed E-state index contributed by atoms with van der Waals surface area (Å²) in [7, 11) is 0. The van der Waals surface area contributed by atoms with E-state index in [4.69, 9.17) is 10.5 Å². The minimum atomic E-state index is 0.234. The maximum Gasteiger partial charge on any atom is 0.124 e. The van der Waals surface area contributed by atoms with Gasteiger partial charge in [0, 0.05) is 38.2 Å². The van der Waals surface area contributed by atoms with E-state index in [1.54, 1.807) is 0 Å². The number of ether oxygens (including phenoxy) is 1. The highest BCUT2D eigenvalue weighted by molar-refractivity contribution is 5.35. The predicted octanol–water partition coefficient (Wildman–Crippen LogP) is -0.197. The Morgan fingerprint density at radius 3 is 3.17 bits per heavy atom. The lowest BCUT2D eigenvalue weighted by Gasteiger charge is -2.29. The van der Waals surface area contributed by atoms with Gasteiger partial charge in [0.2, 0.25) is 0 Å². The molecule has 3 rings (SSSR count). The fourth-order valence-electron chi connectivity index (χ4n) is 2.58. The first-order valence-corrected chi connectivity index (χ1v) is 6.68. The van der Waals surface area contributed by atoms with E-state index in [1.165, 1.54) is 0 Å². The summed E-state index contributed by atoms with van der Waals surface area (Å²) >= 11 is 0. The molecule has 0 amide bonds. The van der Waals surface area contributed by atoms with Gasteiger partial charge in [-0.3, -0.25) is 0 Å². The summed E-state index contributed by atoms with van der Waals surface area (Å²) in [5.74, 6) is 1.56. The third-order valence-electron chi connectivity index (χ3n) is 3.91. The van der Waals surface area contributed by atoms with Crippen molar-refractivity contribution in [2.24, 2.45) is 11.7 Å². The van der Waals surface area contributed by atoms with Crippen molar-refractivity contribution in [3.05, 3.63) is 12.3 Å². The van der Waals surface area contributed by atoms with Crippen LogP contribution in [0.3, 0.4) is 0 Å². The second kappa shape index (κ2) is 5.26. The van der Waals surface area contributed by atoms with Crippen molar-refractivity contribution < 1.29 is 4.74 Å². The van der Waals surface area contributed by atoms with Gasteiger partial charge in [-0.15, -0.1) is 0 Å². The van der Waals surface area contributed by atoms with Gasteiger partial charge < -0.3 is 21.1 Å². The SMILES string of the molecule is NC[C@H]1CCO[C@H]1CNc1ccnn1C1CNC1. The molecular weight excluding hydrogens is 230 g/mol. The number of anilines is 1. The van der Waals surface area contributed by atoms with E-state index in [1.807, 2.05) is 12.3 Å². The lowest BCUT2D eigenvalue weighted by molar-refractivity contribution is 0.102. The van der Waals surface area contributed by atoms with Crippen LogP contribution in [0.1, 0.15) is 12.5 Å². The first-order chi connectivity index (χ1) is 8.88. The third kappa shape index (κ3) is 2.23. The van der Waals surface area contributed by atoms with Crippen molar-refractivity contribution in [1.29, 1.82) is 0 Å². The van der Waals surface area contributed by atoms with E-state index in [9.17, 15) is 0 Å². The monoisotopic (exact) mass is 251 g/mol. The van der Waals surface area contributed by atoms with Gasteiger partial charge in [-0.2, -0.15) is 5.10 Å². The molecule has 0 unspecified atom stereocenters. The van der Waals surface area contributed by atoms with Crippen LogP contribution in [0.5, 0.6) is 0 Å². The summed E-state index contributed by atoms with van der Waals surface area (Å²) in [6.07, 6.45) is 3.16. The lowest BCUT2D eigenvalue weighted by atomic mass is 10.0. The van der Waals surface area contributed by atoms with Crippen molar-refractivity contribution in [3.63, 3.8) is 0 Å². The van der Waals surface area contributed by atoms with E-state index >= 15 is 0 Å². The number of nitrogens with two attached hydrogens (primary N) is 1. The molecule has 1 aromatic rings. The summed E-state index contributed by atoms with van der Waals surface area (Å²) in [5.41, 5.74) is 5.75. The van der Waals surface area contributed by atoms with Crippen LogP contribution in [-0.4, -0.2) is 48.7 Å². The summed E-state index contributed by atoms with van der Waals surface area (Å²) in [4.78, 5) is 0. The molecule has 0 aromatic carbocycles. The Morgan fingerprint density at radius 2 is 2.44 bits per heavy atom. The molecule has 4 N–H and O–H groups in total. The Bertz CT molecular complexity index is 390. The second-order valence-corrected chi connectivity index (χ2v) is 5.05. The lowest BCUT2D eigenvalue weighted by Crippen LogP contribution is -2.44. The van der Waals surface area contributed by atoms with E-state index in [0.29, 0.717) is 18.5 Å². The molecule has 2 saturated heterocycles. The van der Waals surface area contributed by atoms with Crippen molar-refractivity contribution in [1.82, 2.24) is 15.1 Å². The quantitative estimate of drug-likeness (QED) is 0.676. The Balaban J connectivity index is 1.57. The van der Waals surface area contributed by atoms with Crippen molar-refractivity contribution in [2.45, 2.75) is 18.6 Å². The van der Waals surface area contributed by atoms with Gasteiger partial charge in [0.15, 0.2) is 0 Å². The normalized spacial score (nSPS) is 28.3. The highest BCUT2D eigenvalue weighted by Gasteiger charge is 2.27. The molecule has 0 bridgehead atoms. The zero-order valence-corrected chi connectivity index (χ0v) is 10.5. The largest absolute Gasteiger partial charge is 0.376 e. The highest BCUT2D eigenvalue weighted by Crippen LogP contribution is 2.22. The molecule has 0 radical (unpaired) electrons. The standard InChI is InChI=1S/C12H21N5O/c13-5-9-2-4-18-11(9)8-15-12-1-3-16-17(12)10-6-14-7-10/h1,3,9-11,14-15H,2,4-8,13H2/t9-,11+/m1/s1. The van der Waals surface area contributed by atoms with Crippen LogP contribution >= 0.6 is 0 Å². The first-order valence-electron chi connectivity index (χ1n) is 6.68. The maximum absolute atomic E-state index is 5.75. The van der Waals surface area contributed by atoms with Crippen LogP contribution in [0.4, 0.5) is 5.82 Å². The number of nitrogens with zero attached hydrogens (tertiary/aromatic N) is 2. The number of hydrogen-bond donors (Lipinski definition) is 3. The molecule has 6 heteroatoms. The number of hydrogen-bond acceptors (Lipinski definition) is 5. The second-order valence-electron chi connectivity index (χ2n) is 5.05. The summed E-state index contributed by atoms with van der Waals surface area (Å²) in [5, 5.41) is 11.1.